The number of rotatable bonds is 7. The van der Waals surface area contributed by atoms with E-state index in [0.717, 1.165) is 36.8 Å². The highest BCUT2D eigenvalue weighted by atomic mass is 16.2. The first-order chi connectivity index (χ1) is 12.6. The molecule has 6 nitrogen and oxygen atoms in total. The number of carbonyl (C=O) groups is 3. The molecule has 2 amide bonds. The first-order valence-corrected chi connectivity index (χ1v) is 8.81. The Morgan fingerprint density at radius 3 is 2.88 bits per heavy atom. The molecule has 0 aliphatic carbocycles. The summed E-state index contributed by atoms with van der Waals surface area (Å²) in [5.74, 6) is 5.78. The second-order valence-corrected chi connectivity index (χ2v) is 6.38. The minimum atomic E-state index is -0.385. The van der Waals surface area contributed by atoms with Gasteiger partial charge in [-0.3, -0.25) is 24.6 Å². The number of unbranched alkanes of at least 4 members (excludes halogenated alkanes) is 1. The molecule has 0 saturated carbocycles. The van der Waals surface area contributed by atoms with Gasteiger partial charge in [0.1, 0.15) is 6.29 Å². The van der Waals surface area contributed by atoms with Crippen LogP contribution in [0.3, 0.4) is 0 Å². The zero-order valence-electron chi connectivity index (χ0n) is 15.3. The molecule has 0 spiro atoms. The van der Waals surface area contributed by atoms with Crippen molar-refractivity contribution in [3.05, 3.63) is 34.9 Å². The third kappa shape index (κ3) is 5.25. The van der Waals surface area contributed by atoms with Crippen molar-refractivity contribution >= 4 is 18.1 Å². The van der Waals surface area contributed by atoms with E-state index in [1.165, 1.54) is 0 Å². The van der Waals surface area contributed by atoms with Crippen molar-refractivity contribution < 1.29 is 14.4 Å². The molecule has 1 heterocycles. The van der Waals surface area contributed by atoms with Gasteiger partial charge >= 0.3 is 0 Å². The van der Waals surface area contributed by atoms with Gasteiger partial charge in [0.05, 0.1) is 6.04 Å². The zero-order chi connectivity index (χ0) is 18.9. The fourth-order valence-corrected chi connectivity index (χ4v) is 2.98. The number of hydrogen-bond donors (Lipinski definition) is 2. The topological polar surface area (TPSA) is 78.5 Å². The maximum atomic E-state index is 12.1. The summed E-state index contributed by atoms with van der Waals surface area (Å²) >= 11 is 0. The maximum absolute atomic E-state index is 12.1. The lowest BCUT2D eigenvalue weighted by Gasteiger charge is -2.30. The van der Waals surface area contributed by atoms with Gasteiger partial charge in [0.15, 0.2) is 0 Å². The summed E-state index contributed by atoms with van der Waals surface area (Å²) in [5, 5.41) is 5.45. The third-order valence-corrected chi connectivity index (χ3v) is 4.44. The number of nitrogens with zero attached hydrogens (tertiary/aromatic N) is 1. The van der Waals surface area contributed by atoms with Crippen LogP contribution in [0.1, 0.15) is 47.2 Å². The number of likely N-dealkylation sites (N-methyl/N-ethyl adjacent to an activating group) is 1. The summed E-state index contributed by atoms with van der Waals surface area (Å²) in [4.78, 5) is 36.7. The minimum Gasteiger partial charge on any atom is -0.320 e. The number of benzene rings is 1. The Morgan fingerprint density at radius 1 is 1.38 bits per heavy atom. The van der Waals surface area contributed by atoms with Crippen LogP contribution >= 0.6 is 0 Å². The van der Waals surface area contributed by atoms with Gasteiger partial charge in [-0.2, -0.15) is 0 Å². The number of nitrogens with one attached hydrogen (secondary N) is 2. The van der Waals surface area contributed by atoms with E-state index in [4.69, 9.17) is 0 Å². The van der Waals surface area contributed by atoms with Crippen LogP contribution in [0.15, 0.2) is 18.2 Å². The van der Waals surface area contributed by atoms with Crippen LogP contribution in [0.4, 0.5) is 0 Å². The van der Waals surface area contributed by atoms with Gasteiger partial charge in [-0.1, -0.05) is 24.0 Å². The maximum Gasteiger partial charge on any atom is 0.243 e. The van der Waals surface area contributed by atoms with Gasteiger partial charge in [-0.05, 0) is 45.1 Å². The summed E-state index contributed by atoms with van der Waals surface area (Å²) in [5.41, 5.74) is 2.19. The molecule has 1 atom stereocenters. The molecular formula is C20H25N3O3. The lowest BCUT2D eigenvalue weighted by molar-refractivity contribution is -0.137. The number of aldehydes is 1. The van der Waals surface area contributed by atoms with E-state index >= 15 is 0 Å². The molecular weight excluding hydrogens is 330 g/mol. The molecule has 1 saturated heterocycles. The molecule has 1 aliphatic rings. The van der Waals surface area contributed by atoms with Crippen LogP contribution in [0, 0.1) is 11.8 Å². The first kappa shape index (κ1) is 19.8. The summed E-state index contributed by atoms with van der Waals surface area (Å²) in [6.45, 7) is 1.33. The molecule has 0 bridgehead atoms. The molecule has 6 heteroatoms. The normalized spacial score (nSPS) is 16.8. The van der Waals surface area contributed by atoms with Crippen molar-refractivity contribution in [1.29, 1.82) is 0 Å². The minimum absolute atomic E-state index is 0.235. The van der Waals surface area contributed by atoms with Crippen molar-refractivity contribution in [2.75, 3.05) is 20.6 Å². The Hall–Kier alpha value is -2.49. The SMILES string of the molecule is CNCCCC#Cc1cccc(C=O)c1CN(C)C1CCC(=O)NC1=O. The smallest absolute Gasteiger partial charge is 0.243 e. The van der Waals surface area contributed by atoms with Crippen LogP contribution in [0.2, 0.25) is 0 Å². The number of hydrogen-bond acceptors (Lipinski definition) is 5. The molecule has 26 heavy (non-hydrogen) atoms. The molecule has 2 N–H and O–H groups in total. The van der Waals surface area contributed by atoms with Crippen molar-refractivity contribution in [2.45, 2.75) is 38.3 Å². The van der Waals surface area contributed by atoms with Crippen molar-refractivity contribution in [3.8, 4) is 11.8 Å². The number of imide groups is 1. The molecule has 1 fully saturated rings. The Balaban J connectivity index is 2.17. The molecule has 2 rings (SSSR count). The molecule has 138 valence electrons. The average Bonchev–Trinajstić information content (AvgIpc) is 2.62. The van der Waals surface area contributed by atoms with Crippen LogP contribution in [0.5, 0.6) is 0 Å². The summed E-state index contributed by atoms with van der Waals surface area (Å²) in [7, 11) is 3.73. The van der Waals surface area contributed by atoms with Gasteiger partial charge in [-0.15, -0.1) is 0 Å². The highest BCUT2D eigenvalue weighted by Crippen LogP contribution is 2.19. The molecule has 0 radical (unpaired) electrons. The van der Waals surface area contributed by atoms with Crippen molar-refractivity contribution in [1.82, 2.24) is 15.5 Å². The van der Waals surface area contributed by atoms with Gasteiger partial charge in [0.25, 0.3) is 0 Å². The van der Waals surface area contributed by atoms with Crippen LogP contribution in [-0.2, 0) is 16.1 Å². The number of carbonyl (C=O) groups excluding carboxylic acids is 3. The standard InChI is InChI=1S/C20H25N3O3/c1-21-12-5-3-4-7-15-8-6-9-16(14-24)17(15)13-23(2)18-10-11-19(25)22-20(18)26/h6,8-9,14,18,21H,3,5,10-13H2,1-2H3,(H,22,25,26). The molecule has 1 unspecified atom stereocenters. The fraction of sp³-hybridized carbons (Fsp3) is 0.450. The van der Waals surface area contributed by atoms with E-state index in [1.807, 2.05) is 31.1 Å². The first-order valence-electron chi connectivity index (χ1n) is 8.81. The second-order valence-electron chi connectivity index (χ2n) is 6.38. The van der Waals surface area contributed by atoms with E-state index in [1.54, 1.807) is 6.07 Å². The molecule has 1 aromatic rings. The lowest BCUT2D eigenvalue weighted by atomic mass is 9.99. The quantitative estimate of drug-likeness (QED) is 0.331. The Bertz CT molecular complexity index is 734. The molecule has 1 aromatic carbocycles. The van der Waals surface area contributed by atoms with Crippen molar-refractivity contribution in [3.63, 3.8) is 0 Å². The van der Waals surface area contributed by atoms with E-state index < -0.39 is 0 Å². The largest absolute Gasteiger partial charge is 0.320 e. The summed E-state index contributed by atoms with van der Waals surface area (Å²) < 4.78 is 0. The van der Waals surface area contributed by atoms with Gasteiger partial charge in [-0.25, -0.2) is 0 Å². The molecule has 1 aliphatic heterocycles. The fourth-order valence-electron chi connectivity index (χ4n) is 2.98. The Kier molecular flexibility index (Phi) is 7.52. The van der Waals surface area contributed by atoms with Crippen molar-refractivity contribution in [2.24, 2.45) is 0 Å². The Morgan fingerprint density at radius 2 is 2.19 bits per heavy atom. The number of amides is 2. The van der Waals surface area contributed by atoms with E-state index in [2.05, 4.69) is 22.5 Å². The lowest BCUT2D eigenvalue weighted by Crippen LogP contribution is -2.51. The highest BCUT2D eigenvalue weighted by Gasteiger charge is 2.30. The van der Waals surface area contributed by atoms with E-state index in [0.29, 0.717) is 24.9 Å². The predicted molar refractivity (Wildman–Crippen MR) is 99.5 cm³/mol. The van der Waals surface area contributed by atoms with Crippen LogP contribution < -0.4 is 10.6 Å². The summed E-state index contributed by atoms with van der Waals surface area (Å²) in [6, 6.07) is 5.08. The van der Waals surface area contributed by atoms with Gasteiger partial charge in [0.2, 0.25) is 11.8 Å². The third-order valence-electron chi connectivity index (χ3n) is 4.44. The predicted octanol–water partition coefficient (Wildman–Crippen LogP) is 1.09. The zero-order valence-corrected chi connectivity index (χ0v) is 15.3. The Labute approximate surface area is 154 Å². The number of piperidine rings is 1. The average molecular weight is 355 g/mol. The van der Waals surface area contributed by atoms with Crippen LogP contribution in [-0.4, -0.2) is 49.7 Å². The van der Waals surface area contributed by atoms with Gasteiger partial charge < -0.3 is 5.32 Å². The van der Waals surface area contributed by atoms with E-state index in [-0.39, 0.29) is 17.9 Å². The second kappa shape index (κ2) is 9.85. The summed E-state index contributed by atoms with van der Waals surface area (Å²) in [6.07, 6.45) is 3.36. The molecule has 0 aromatic heterocycles. The monoisotopic (exact) mass is 355 g/mol. The van der Waals surface area contributed by atoms with Crippen LogP contribution in [0.25, 0.3) is 0 Å². The van der Waals surface area contributed by atoms with Gasteiger partial charge in [0, 0.05) is 30.5 Å². The van der Waals surface area contributed by atoms with E-state index in [9.17, 15) is 14.4 Å². The highest BCUT2D eigenvalue weighted by molar-refractivity contribution is 6.00.